The van der Waals surface area contributed by atoms with Gasteiger partial charge in [0.05, 0.1) is 13.5 Å². The van der Waals surface area contributed by atoms with Gasteiger partial charge >= 0.3 is 0 Å². The Labute approximate surface area is 165 Å². The molecule has 1 N–H and O–H groups in total. The molecule has 8 nitrogen and oxygen atoms in total. The van der Waals surface area contributed by atoms with E-state index >= 15 is 0 Å². The van der Waals surface area contributed by atoms with Crippen molar-refractivity contribution in [3.8, 4) is 5.75 Å². The van der Waals surface area contributed by atoms with Crippen molar-refractivity contribution in [2.45, 2.75) is 18.4 Å². The molecule has 3 aromatic rings. The van der Waals surface area contributed by atoms with Gasteiger partial charge in [-0.3, -0.25) is 19.7 Å². The fourth-order valence-electron chi connectivity index (χ4n) is 4.08. The molecule has 2 aliphatic heterocycles. The lowest BCUT2D eigenvalue weighted by Crippen LogP contribution is -2.46. The monoisotopic (exact) mass is 391 g/mol. The summed E-state index contributed by atoms with van der Waals surface area (Å²) in [6, 6.07) is 10.6. The van der Waals surface area contributed by atoms with Gasteiger partial charge in [-0.1, -0.05) is 6.07 Å². The van der Waals surface area contributed by atoms with Crippen LogP contribution in [0.4, 0.5) is 0 Å². The number of ether oxygens (including phenoxy) is 1. The van der Waals surface area contributed by atoms with E-state index in [2.05, 4.69) is 10.3 Å². The Morgan fingerprint density at radius 2 is 2.10 bits per heavy atom. The van der Waals surface area contributed by atoms with Crippen molar-refractivity contribution in [3.63, 3.8) is 0 Å². The first-order valence-electron chi connectivity index (χ1n) is 9.16. The Balaban J connectivity index is 1.54. The molecule has 1 fully saturated rings. The molecule has 0 bridgehead atoms. The lowest BCUT2D eigenvalue weighted by molar-refractivity contribution is -0.126. The van der Waals surface area contributed by atoms with E-state index < -0.39 is 17.2 Å². The van der Waals surface area contributed by atoms with Crippen molar-refractivity contribution in [1.29, 1.82) is 0 Å². The van der Waals surface area contributed by atoms with Crippen molar-refractivity contribution in [2.75, 3.05) is 13.7 Å². The number of pyridine rings is 1. The van der Waals surface area contributed by atoms with Crippen LogP contribution in [-0.2, 0) is 21.5 Å². The van der Waals surface area contributed by atoms with E-state index in [1.165, 1.54) is 7.11 Å². The van der Waals surface area contributed by atoms with E-state index in [0.717, 1.165) is 10.9 Å². The van der Waals surface area contributed by atoms with E-state index in [-0.39, 0.29) is 18.9 Å². The Hall–Kier alpha value is -3.68. The molecule has 146 valence electrons. The number of methoxy groups -OCH3 is 1. The van der Waals surface area contributed by atoms with E-state index in [1.807, 2.05) is 12.1 Å². The highest BCUT2D eigenvalue weighted by Crippen LogP contribution is 2.38. The summed E-state index contributed by atoms with van der Waals surface area (Å²) in [5.41, 5.74) is 0.479. The van der Waals surface area contributed by atoms with Crippen LogP contribution in [0.1, 0.15) is 28.1 Å². The van der Waals surface area contributed by atoms with Crippen molar-refractivity contribution in [3.05, 3.63) is 59.5 Å². The number of nitrogens with one attached hydrogen (secondary N) is 1. The summed E-state index contributed by atoms with van der Waals surface area (Å²) >= 11 is 0. The summed E-state index contributed by atoms with van der Waals surface area (Å²) < 4.78 is 11.1. The third-order valence-corrected chi connectivity index (χ3v) is 5.57. The second kappa shape index (κ2) is 6.16. The molecule has 8 heteroatoms. The van der Waals surface area contributed by atoms with Crippen LogP contribution in [0.2, 0.25) is 0 Å². The zero-order valence-electron chi connectivity index (χ0n) is 15.6. The van der Waals surface area contributed by atoms with Crippen LogP contribution in [0.3, 0.4) is 0 Å². The van der Waals surface area contributed by atoms with Crippen LogP contribution >= 0.6 is 0 Å². The minimum atomic E-state index is -1.29. The largest absolute Gasteiger partial charge is 0.497 e. The maximum atomic E-state index is 13.0. The number of rotatable bonds is 4. The molecule has 1 atom stereocenters. The molecular weight excluding hydrogens is 374 g/mol. The van der Waals surface area contributed by atoms with Crippen LogP contribution in [-0.4, -0.2) is 41.3 Å². The van der Waals surface area contributed by atoms with Gasteiger partial charge in [0.2, 0.25) is 17.5 Å². The minimum Gasteiger partial charge on any atom is -0.497 e. The number of aromatic nitrogens is 1. The maximum absolute atomic E-state index is 13.0. The number of benzene rings is 1. The number of imide groups is 1. The first-order chi connectivity index (χ1) is 14.0. The van der Waals surface area contributed by atoms with Gasteiger partial charge in [0, 0.05) is 30.2 Å². The van der Waals surface area contributed by atoms with Gasteiger partial charge < -0.3 is 14.1 Å². The van der Waals surface area contributed by atoms with Gasteiger partial charge in [0.25, 0.3) is 5.91 Å². The van der Waals surface area contributed by atoms with Crippen LogP contribution in [0.15, 0.2) is 47.0 Å². The second-order valence-electron chi connectivity index (χ2n) is 7.33. The molecule has 0 radical (unpaired) electrons. The average molecular weight is 391 g/mol. The molecule has 5 rings (SSSR count). The van der Waals surface area contributed by atoms with Crippen LogP contribution in [0.25, 0.3) is 11.1 Å². The normalized spacial score (nSPS) is 21.0. The highest BCUT2D eigenvalue weighted by atomic mass is 16.5. The average Bonchev–Trinajstić information content (AvgIpc) is 3.36. The van der Waals surface area contributed by atoms with Crippen LogP contribution < -0.4 is 10.1 Å². The molecule has 0 unspecified atom stereocenters. The third kappa shape index (κ3) is 2.60. The lowest BCUT2D eigenvalue weighted by Gasteiger charge is -2.28. The molecule has 4 heterocycles. The topological polar surface area (TPSA) is 102 Å². The summed E-state index contributed by atoms with van der Waals surface area (Å²) in [4.78, 5) is 43.7. The number of fused-ring (bicyclic) bond motifs is 2. The molecule has 2 aliphatic rings. The van der Waals surface area contributed by atoms with Crippen LogP contribution in [0, 0.1) is 0 Å². The zero-order valence-corrected chi connectivity index (χ0v) is 15.6. The Bertz CT molecular complexity index is 1150. The number of amides is 3. The smallest absolute Gasteiger partial charge is 0.254 e. The first-order valence-corrected chi connectivity index (χ1v) is 9.16. The van der Waals surface area contributed by atoms with E-state index in [0.29, 0.717) is 29.3 Å². The molecule has 0 aliphatic carbocycles. The number of carbonyl (C=O) groups is 3. The van der Waals surface area contributed by atoms with Crippen molar-refractivity contribution < 1.29 is 23.5 Å². The standard InChI is InChI=1S/C21H17N3O5/c1-28-14-5-4-13-10-24(19(26)15(13)8-14)11-21(9-17(25)23-20(21)27)16-7-12-3-2-6-22-18(12)29-16/h2-8H,9-11H2,1H3,(H,23,25,27)/t21-/m1/s1. The summed E-state index contributed by atoms with van der Waals surface area (Å²) in [6.07, 6.45) is 1.51. The summed E-state index contributed by atoms with van der Waals surface area (Å²) in [5.74, 6) is -0.154. The Morgan fingerprint density at radius 3 is 2.83 bits per heavy atom. The number of hydrogen-bond donors (Lipinski definition) is 1. The lowest BCUT2D eigenvalue weighted by atomic mass is 9.82. The van der Waals surface area contributed by atoms with E-state index in [4.69, 9.17) is 9.15 Å². The predicted octanol–water partition coefficient (Wildman–Crippen LogP) is 1.78. The van der Waals surface area contributed by atoms with Crippen molar-refractivity contribution in [1.82, 2.24) is 15.2 Å². The van der Waals surface area contributed by atoms with E-state index in [9.17, 15) is 14.4 Å². The summed E-state index contributed by atoms with van der Waals surface area (Å²) in [6.45, 7) is 0.375. The van der Waals surface area contributed by atoms with Crippen molar-refractivity contribution >= 4 is 28.8 Å². The van der Waals surface area contributed by atoms with Crippen molar-refractivity contribution in [2.24, 2.45) is 0 Å². The Morgan fingerprint density at radius 1 is 1.24 bits per heavy atom. The molecule has 1 aromatic carbocycles. The van der Waals surface area contributed by atoms with Gasteiger partial charge in [-0.2, -0.15) is 0 Å². The molecule has 2 aromatic heterocycles. The molecule has 0 saturated carbocycles. The fourth-order valence-corrected chi connectivity index (χ4v) is 4.08. The number of carbonyl (C=O) groups excluding carboxylic acids is 3. The summed E-state index contributed by atoms with van der Waals surface area (Å²) in [5, 5.41) is 3.09. The Kier molecular flexibility index (Phi) is 3.70. The van der Waals surface area contributed by atoms with Crippen LogP contribution in [0.5, 0.6) is 5.75 Å². The predicted molar refractivity (Wildman–Crippen MR) is 101 cm³/mol. The quantitative estimate of drug-likeness (QED) is 0.680. The molecular formula is C21H17N3O5. The first kappa shape index (κ1) is 17.4. The van der Waals surface area contributed by atoms with Gasteiger partial charge in [0.15, 0.2) is 0 Å². The molecule has 0 spiro atoms. The summed E-state index contributed by atoms with van der Waals surface area (Å²) in [7, 11) is 1.54. The molecule has 1 saturated heterocycles. The van der Waals surface area contributed by atoms with Gasteiger partial charge in [0.1, 0.15) is 16.9 Å². The highest BCUT2D eigenvalue weighted by Gasteiger charge is 2.53. The second-order valence-corrected chi connectivity index (χ2v) is 7.33. The fraction of sp³-hybridized carbons (Fsp3) is 0.238. The third-order valence-electron chi connectivity index (χ3n) is 5.57. The minimum absolute atomic E-state index is 0.0280. The molecule has 3 amide bonds. The molecule has 29 heavy (non-hydrogen) atoms. The highest BCUT2D eigenvalue weighted by molar-refractivity contribution is 6.10. The van der Waals surface area contributed by atoms with Gasteiger partial charge in [-0.15, -0.1) is 0 Å². The number of furan rings is 1. The van der Waals surface area contributed by atoms with E-state index in [1.54, 1.807) is 35.4 Å². The zero-order chi connectivity index (χ0) is 20.2. The van der Waals surface area contributed by atoms with Gasteiger partial charge in [-0.25, -0.2) is 4.98 Å². The SMILES string of the molecule is COc1ccc2c(c1)C(=O)N(C[C@@]1(c3cc4cccnc4o3)CC(=O)NC1=O)C2. The van der Waals surface area contributed by atoms with Gasteiger partial charge in [-0.05, 0) is 35.9 Å². The number of nitrogens with zero attached hydrogens (tertiary/aromatic N) is 2. The number of hydrogen-bond acceptors (Lipinski definition) is 6. The maximum Gasteiger partial charge on any atom is 0.254 e.